The number of fused-ring (bicyclic) bond motifs is 2. The summed E-state index contributed by atoms with van der Waals surface area (Å²) in [6.45, 7) is 0.853. The Morgan fingerprint density at radius 1 is 1.07 bits per heavy atom. The second-order valence-corrected chi connectivity index (χ2v) is 7.61. The first-order chi connectivity index (χ1) is 13.4. The maximum absolute atomic E-state index is 13.2. The van der Waals surface area contributed by atoms with Gasteiger partial charge in [0.05, 0.1) is 17.2 Å². The molecule has 0 N–H and O–H groups in total. The smallest absolute Gasteiger partial charge is 0.289 e. The van der Waals surface area contributed by atoms with Crippen molar-refractivity contribution in [3.8, 4) is 6.07 Å². The number of rotatable bonds is 3. The van der Waals surface area contributed by atoms with E-state index in [1.165, 1.54) is 11.6 Å². The molecular formula is C23H21F3N2. The number of hydrogen-bond donors (Lipinski definition) is 0. The zero-order chi connectivity index (χ0) is 19.7. The molecule has 0 spiro atoms. The van der Waals surface area contributed by atoms with Crippen molar-refractivity contribution < 1.29 is 13.2 Å². The molecule has 28 heavy (non-hydrogen) atoms. The SMILES string of the molecule is N#Cc1cc(C2=CC3CCCC(C2)N3Cc2ccccc2)cc(C(F)(F)F)c1. The van der Waals surface area contributed by atoms with Crippen molar-refractivity contribution in [3.63, 3.8) is 0 Å². The summed E-state index contributed by atoms with van der Waals surface area (Å²) >= 11 is 0. The van der Waals surface area contributed by atoms with Crippen LogP contribution >= 0.6 is 0 Å². The van der Waals surface area contributed by atoms with Crippen molar-refractivity contribution in [2.24, 2.45) is 0 Å². The van der Waals surface area contributed by atoms with Gasteiger partial charge in [0.15, 0.2) is 0 Å². The minimum Gasteiger partial charge on any atom is -0.289 e. The fourth-order valence-corrected chi connectivity index (χ4v) is 4.41. The summed E-state index contributed by atoms with van der Waals surface area (Å²) in [7, 11) is 0. The average Bonchev–Trinajstić information content (AvgIpc) is 2.67. The van der Waals surface area contributed by atoms with E-state index in [1.54, 1.807) is 6.07 Å². The largest absolute Gasteiger partial charge is 0.416 e. The lowest BCUT2D eigenvalue weighted by atomic mass is 9.82. The first-order valence-corrected chi connectivity index (χ1v) is 9.57. The van der Waals surface area contributed by atoms with E-state index in [0.29, 0.717) is 11.6 Å². The van der Waals surface area contributed by atoms with Crippen molar-refractivity contribution in [1.82, 2.24) is 4.90 Å². The summed E-state index contributed by atoms with van der Waals surface area (Å²) in [6.07, 6.45) is 1.58. The van der Waals surface area contributed by atoms with Crippen LogP contribution in [0.3, 0.4) is 0 Å². The Bertz CT molecular complexity index is 925. The topological polar surface area (TPSA) is 27.0 Å². The van der Waals surface area contributed by atoms with Crippen molar-refractivity contribution in [2.45, 2.75) is 50.5 Å². The molecule has 144 valence electrons. The fourth-order valence-electron chi connectivity index (χ4n) is 4.41. The van der Waals surface area contributed by atoms with E-state index in [4.69, 9.17) is 0 Å². The third kappa shape index (κ3) is 3.83. The Balaban J connectivity index is 1.66. The van der Waals surface area contributed by atoms with Crippen LogP contribution in [0.1, 0.15) is 47.9 Å². The monoisotopic (exact) mass is 382 g/mol. The molecule has 5 heteroatoms. The standard InChI is InChI=1S/C23H21F3N2/c24-23(25,26)20-10-17(14-27)9-18(11-20)19-12-21-7-4-8-22(13-19)28(21)15-16-5-2-1-3-6-16/h1-3,5-6,9-12,21-22H,4,7-8,13,15H2. The predicted octanol–water partition coefficient (Wildman–Crippen LogP) is 5.79. The zero-order valence-corrected chi connectivity index (χ0v) is 15.4. The molecule has 2 bridgehead atoms. The van der Waals surface area contributed by atoms with Crippen molar-refractivity contribution in [3.05, 3.63) is 76.9 Å². The molecule has 0 aromatic heterocycles. The molecule has 2 unspecified atom stereocenters. The summed E-state index contributed by atoms with van der Waals surface area (Å²) in [5, 5.41) is 9.17. The number of hydrogen-bond acceptors (Lipinski definition) is 2. The van der Waals surface area contributed by atoms with E-state index in [0.717, 1.165) is 43.9 Å². The maximum atomic E-state index is 13.2. The Morgan fingerprint density at radius 2 is 1.86 bits per heavy atom. The van der Waals surface area contributed by atoms with Gasteiger partial charge in [0.2, 0.25) is 0 Å². The molecule has 0 saturated carbocycles. The molecule has 0 radical (unpaired) electrons. The normalized spacial score (nSPS) is 22.4. The Hall–Kier alpha value is -2.58. The molecule has 2 aromatic carbocycles. The molecule has 1 saturated heterocycles. The van der Waals surface area contributed by atoms with E-state index >= 15 is 0 Å². The van der Waals surface area contributed by atoms with Crippen molar-refractivity contribution in [1.29, 1.82) is 5.26 Å². The Morgan fingerprint density at radius 3 is 2.54 bits per heavy atom. The molecule has 2 nitrogen and oxygen atoms in total. The molecule has 1 fully saturated rings. The third-order valence-electron chi connectivity index (χ3n) is 5.75. The number of nitriles is 1. The van der Waals surface area contributed by atoms with Crippen LogP contribution in [0.25, 0.3) is 5.57 Å². The molecule has 4 rings (SSSR count). The summed E-state index contributed by atoms with van der Waals surface area (Å²) < 4.78 is 39.7. The van der Waals surface area contributed by atoms with Crippen LogP contribution in [0.5, 0.6) is 0 Å². The summed E-state index contributed by atoms with van der Waals surface area (Å²) in [6, 6.07) is 16.4. The predicted molar refractivity (Wildman–Crippen MR) is 102 cm³/mol. The number of halogens is 3. The molecule has 2 atom stereocenters. The van der Waals surface area contributed by atoms with Crippen molar-refractivity contribution >= 4 is 5.57 Å². The number of piperidine rings is 1. The van der Waals surface area contributed by atoms with Gasteiger partial charge in [-0.15, -0.1) is 0 Å². The minimum atomic E-state index is -4.45. The van der Waals surface area contributed by atoms with E-state index in [-0.39, 0.29) is 11.6 Å². The van der Waals surface area contributed by atoms with E-state index in [1.807, 2.05) is 24.3 Å². The van der Waals surface area contributed by atoms with Crippen LogP contribution in [-0.2, 0) is 12.7 Å². The van der Waals surface area contributed by atoms with Gasteiger partial charge in [-0.1, -0.05) is 42.8 Å². The van der Waals surface area contributed by atoms with Gasteiger partial charge < -0.3 is 0 Å². The second kappa shape index (κ2) is 7.44. The van der Waals surface area contributed by atoms with Crippen LogP contribution in [0, 0.1) is 11.3 Å². The van der Waals surface area contributed by atoms with Crippen LogP contribution in [0.2, 0.25) is 0 Å². The van der Waals surface area contributed by atoms with Gasteiger partial charge in [-0.2, -0.15) is 18.4 Å². The summed E-state index contributed by atoms with van der Waals surface area (Å²) in [5.41, 5.74) is 2.02. The van der Waals surface area contributed by atoms with Gasteiger partial charge >= 0.3 is 6.18 Å². The van der Waals surface area contributed by atoms with Gasteiger partial charge in [0.1, 0.15) is 0 Å². The highest BCUT2D eigenvalue weighted by atomic mass is 19.4. The Kier molecular flexibility index (Phi) is 4.99. The minimum absolute atomic E-state index is 0.0580. The first-order valence-electron chi connectivity index (χ1n) is 9.57. The molecule has 2 aromatic rings. The van der Waals surface area contributed by atoms with Crippen LogP contribution in [-0.4, -0.2) is 17.0 Å². The van der Waals surface area contributed by atoms with Gasteiger partial charge in [0.25, 0.3) is 0 Å². The summed E-state index contributed by atoms with van der Waals surface area (Å²) in [4.78, 5) is 2.47. The third-order valence-corrected chi connectivity index (χ3v) is 5.75. The lowest BCUT2D eigenvalue weighted by Crippen LogP contribution is -2.47. The van der Waals surface area contributed by atoms with Gasteiger partial charge in [-0.3, -0.25) is 4.90 Å². The van der Waals surface area contributed by atoms with E-state index in [2.05, 4.69) is 23.1 Å². The molecule has 0 aliphatic carbocycles. The lowest BCUT2D eigenvalue weighted by Gasteiger charge is -2.45. The molecule has 0 amide bonds. The Labute approximate surface area is 162 Å². The fraction of sp³-hybridized carbons (Fsp3) is 0.348. The number of alkyl halides is 3. The lowest BCUT2D eigenvalue weighted by molar-refractivity contribution is -0.137. The first kappa shape index (κ1) is 18.8. The second-order valence-electron chi connectivity index (χ2n) is 7.61. The van der Waals surface area contributed by atoms with Crippen LogP contribution in [0.4, 0.5) is 13.2 Å². The zero-order valence-electron chi connectivity index (χ0n) is 15.4. The highest BCUT2D eigenvalue weighted by Gasteiger charge is 2.35. The van der Waals surface area contributed by atoms with Crippen molar-refractivity contribution in [2.75, 3.05) is 0 Å². The van der Waals surface area contributed by atoms with E-state index < -0.39 is 11.7 Å². The highest BCUT2D eigenvalue weighted by molar-refractivity contribution is 5.69. The average molecular weight is 382 g/mol. The number of nitrogens with zero attached hydrogens (tertiary/aromatic N) is 2. The number of benzene rings is 2. The van der Waals surface area contributed by atoms with Gasteiger partial charge in [-0.25, -0.2) is 0 Å². The van der Waals surface area contributed by atoms with Gasteiger partial charge in [-0.05, 0) is 54.2 Å². The molecule has 2 aliphatic rings. The molecular weight excluding hydrogens is 361 g/mol. The van der Waals surface area contributed by atoms with E-state index in [9.17, 15) is 18.4 Å². The maximum Gasteiger partial charge on any atom is 0.416 e. The molecule has 2 heterocycles. The van der Waals surface area contributed by atoms with Crippen LogP contribution in [0.15, 0.2) is 54.6 Å². The highest BCUT2D eigenvalue weighted by Crippen LogP contribution is 2.39. The van der Waals surface area contributed by atoms with Crippen LogP contribution < -0.4 is 0 Å². The summed E-state index contributed by atoms with van der Waals surface area (Å²) in [5.74, 6) is 0. The quantitative estimate of drug-likeness (QED) is 0.672. The van der Waals surface area contributed by atoms with Gasteiger partial charge in [0, 0.05) is 18.6 Å². The molecule has 2 aliphatic heterocycles.